The average molecular weight is 364 g/mol. The summed E-state index contributed by atoms with van der Waals surface area (Å²) in [6, 6.07) is 14.9. The normalized spacial score (nSPS) is 10.2. The topological polar surface area (TPSA) is 76.6 Å². The molecule has 138 valence electrons. The van der Waals surface area contributed by atoms with E-state index in [-0.39, 0.29) is 11.6 Å². The third-order valence-corrected chi connectivity index (χ3v) is 4.01. The zero-order valence-corrected chi connectivity index (χ0v) is 15.3. The Balaban J connectivity index is 1.75. The molecule has 1 amide bonds. The molecule has 27 heavy (non-hydrogen) atoms. The number of hydrogen-bond donors (Lipinski definition) is 1. The van der Waals surface area contributed by atoms with Crippen molar-refractivity contribution >= 4 is 23.1 Å². The quantitative estimate of drug-likeness (QED) is 0.721. The summed E-state index contributed by atoms with van der Waals surface area (Å²) in [6.45, 7) is 0. The second-order valence-corrected chi connectivity index (χ2v) is 5.67. The van der Waals surface area contributed by atoms with Crippen molar-refractivity contribution in [2.24, 2.45) is 0 Å². The van der Waals surface area contributed by atoms with Gasteiger partial charge in [-0.3, -0.25) is 4.79 Å². The number of hydrogen-bond acceptors (Lipinski definition) is 6. The van der Waals surface area contributed by atoms with Crippen molar-refractivity contribution < 1.29 is 14.3 Å². The molecule has 0 aliphatic carbocycles. The Morgan fingerprint density at radius 2 is 1.78 bits per heavy atom. The van der Waals surface area contributed by atoms with Crippen molar-refractivity contribution in [1.29, 1.82) is 0 Å². The van der Waals surface area contributed by atoms with Crippen LogP contribution in [0.1, 0.15) is 10.5 Å². The minimum Gasteiger partial charge on any atom is -0.497 e. The first kappa shape index (κ1) is 18.2. The van der Waals surface area contributed by atoms with E-state index in [0.29, 0.717) is 23.0 Å². The maximum Gasteiger partial charge on any atom is 0.275 e. The summed E-state index contributed by atoms with van der Waals surface area (Å²) in [5.74, 6) is 1.40. The van der Waals surface area contributed by atoms with Gasteiger partial charge in [-0.05, 0) is 24.3 Å². The minimum absolute atomic E-state index is 0.207. The van der Waals surface area contributed by atoms with Crippen LogP contribution in [0.4, 0.5) is 17.2 Å². The summed E-state index contributed by atoms with van der Waals surface area (Å²) >= 11 is 0. The van der Waals surface area contributed by atoms with Gasteiger partial charge in [0, 0.05) is 18.8 Å². The number of para-hydroxylation sites is 1. The van der Waals surface area contributed by atoms with Crippen molar-refractivity contribution in [3.05, 3.63) is 66.6 Å². The first-order valence-corrected chi connectivity index (χ1v) is 8.26. The second-order valence-electron chi connectivity index (χ2n) is 5.67. The molecule has 0 radical (unpaired) electrons. The Labute approximate surface area is 157 Å². The van der Waals surface area contributed by atoms with Crippen LogP contribution in [0.5, 0.6) is 11.5 Å². The zero-order valence-electron chi connectivity index (χ0n) is 15.3. The van der Waals surface area contributed by atoms with Crippen LogP contribution in [-0.4, -0.2) is 37.1 Å². The van der Waals surface area contributed by atoms with Crippen LogP contribution in [-0.2, 0) is 0 Å². The van der Waals surface area contributed by atoms with Crippen LogP contribution < -0.4 is 19.7 Å². The van der Waals surface area contributed by atoms with Gasteiger partial charge in [0.25, 0.3) is 5.91 Å². The lowest BCUT2D eigenvalue weighted by Gasteiger charge is -2.17. The molecule has 0 aliphatic heterocycles. The molecule has 3 aromatic rings. The lowest BCUT2D eigenvalue weighted by Crippen LogP contribution is -2.16. The third kappa shape index (κ3) is 4.14. The van der Waals surface area contributed by atoms with Crippen LogP contribution in [0.2, 0.25) is 0 Å². The van der Waals surface area contributed by atoms with Crippen LogP contribution in [0.3, 0.4) is 0 Å². The van der Waals surface area contributed by atoms with Gasteiger partial charge in [-0.25, -0.2) is 9.97 Å². The molecular formula is C20H20N4O3. The van der Waals surface area contributed by atoms with Gasteiger partial charge in [0.05, 0.1) is 32.3 Å². The lowest BCUT2D eigenvalue weighted by molar-refractivity contribution is 0.102. The largest absolute Gasteiger partial charge is 0.497 e. The van der Waals surface area contributed by atoms with Gasteiger partial charge in [0.1, 0.15) is 17.2 Å². The van der Waals surface area contributed by atoms with E-state index < -0.39 is 0 Å². The molecule has 7 heteroatoms. The standard InChI is InChI=1S/C20H20N4O3/c1-24(14-7-5-4-6-8-14)19-13-21-17(12-22-19)20(25)23-16-10-9-15(26-2)11-18(16)27-3/h4-13H,1-3H3,(H,23,25). The monoisotopic (exact) mass is 364 g/mol. The molecular weight excluding hydrogens is 344 g/mol. The van der Waals surface area contributed by atoms with Gasteiger partial charge >= 0.3 is 0 Å². The van der Waals surface area contributed by atoms with E-state index >= 15 is 0 Å². The molecule has 0 fully saturated rings. The number of carbonyl (C=O) groups is 1. The fourth-order valence-electron chi connectivity index (χ4n) is 2.48. The summed E-state index contributed by atoms with van der Waals surface area (Å²) < 4.78 is 10.4. The van der Waals surface area contributed by atoms with E-state index in [2.05, 4.69) is 15.3 Å². The molecule has 0 saturated carbocycles. The van der Waals surface area contributed by atoms with Crippen molar-refractivity contribution in [3.63, 3.8) is 0 Å². The maximum absolute atomic E-state index is 12.5. The van der Waals surface area contributed by atoms with Crippen molar-refractivity contribution in [3.8, 4) is 11.5 Å². The number of carbonyl (C=O) groups excluding carboxylic acids is 1. The Morgan fingerprint density at radius 1 is 1.00 bits per heavy atom. The molecule has 0 atom stereocenters. The molecule has 2 aromatic carbocycles. The van der Waals surface area contributed by atoms with Gasteiger partial charge in [0.15, 0.2) is 5.82 Å². The van der Waals surface area contributed by atoms with Gasteiger partial charge in [-0.1, -0.05) is 18.2 Å². The second kappa shape index (κ2) is 8.18. The number of nitrogens with one attached hydrogen (secondary N) is 1. The lowest BCUT2D eigenvalue weighted by atomic mass is 10.2. The predicted molar refractivity (Wildman–Crippen MR) is 104 cm³/mol. The van der Waals surface area contributed by atoms with Crippen molar-refractivity contribution in [2.75, 3.05) is 31.5 Å². The first-order valence-electron chi connectivity index (χ1n) is 8.26. The number of aromatic nitrogens is 2. The highest BCUT2D eigenvalue weighted by Crippen LogP contribution is 2.29. The highest BCUT2D eigenvalue weighted by Gasteiger charge is 2.13. The number of benzene rings is 2. The maximum atomic E-state index is 12.5. The van der Waals surface area contributed by atoms with Crippen molar-refractivity contribution in [1.82, 2.24) is 9.97 Å². The van der Waals surface area contributed by atoms with Gasteiger partial charge in [0.2, 0.25) is 0 Å². The van der Waals surface area contributed by atoms with Gasteiger partial charge in [-0.15, -0.1) is 0 Å². The number of rotatable bonds is 6. The Hall–Kier alpha value is -3.61. The zero-order chi connectivity index (χ0) is 19.2. The molecule has 1 N–H and O–H groups in total. The average Bonchev–Trinajstić information content (AvgIpc) is 2.74. The summed E-state index contributed by atoms with van der Waals surface area (Å²) in [5.41, 5.74) is 1.71. The fraction of sp³-hybridized carbons (Fsp3) is 0.150. The van der Waals surface area contributed by atoms with E-state index in [0.717, 1.165) is 5.69 Å². The molecule has 1 aromatic heterocycles. The Kier molecular flexibility index (Phi) is 5.51. The van der Waals surface area contributed by atoms with Crippen LogP contribution in [0.15, 0.2) is 60.9 Å². The number of anilines is 3. The molecule has 0 unspecified atom stereocenters. The van der Waals surface area contributed by atoms with E-state index in [1.54, 1.807) is 31.5 Å². The number of methoxy groups -OCH3 is 2. The molecule has 0 aliphatic rings. The summed E-state index contributed by atoms with van der Waals surface area (Å²) in [4.78, 5) is 22.9. The van der Waals surface area contributed by atoms with Gasteiger partial charge < -0.3 is 19.7 Å². The number of amides is 1. The highest BCUT2D eigenvalue weighted by molar-refractivity contribution is 6.03. The highest BCUT2D eigenvalue weighted by atomic mass is 16.5. The summed E-state index contributed by atoms with van der Waals surface area (Å²) in [7, 11) is 4.98. The minimum atomic E-state index is -0.375. The predicted octanol–water partition coefficient (Wildman–Crippen LogP) is 3.51. The summed E-state index contributed by atoms with van der Waals surface area (Å²) in [5, 5.41) is 2.77. The van der Waals surface area contributed by atoms with E-state index in [4.69, 9.17) is 9.47 Å². The Bertz CT molecular complexity index is 914. The van der Waals surface area contributed by atoms with Crippen LogP contribution in [0, 0.1) is 0 Å². The van der Waals surface area contributed by atoms with Crippen molar-refractivity contribution in [2.45, 2.75) is 0 Å². The van der Waals surface area contributed by atoms with E-state index in [9.17, 15) is 4.79 Å². The molecule has 1 heterocycles. The van der Waals surface area contributed by atoms with Crippen LogP contribution in [0.25, 0.3) is 0 Å². The molecule has 3 rings (SSSR count). The van der Waals surface area contributed by atoms with E-state index in [1.807, 2.05) is 42.3 Å². The van der Waals surface area contributed by atoms with Gasteiger partial charge in [-0.2, -0.15) is 0 Å². The smallest absolute Gasteiger partial charge is 0.275 e. The third-order valence-electron chi connectivity index (χ3n) is 4.01. The molecule has 7 nitrogen and oxygen atoms in total. The number of nitrogens with zero attached hydrogens (tertiary/aromatic N) is 3. The Morgan fingerprint density at radius 3 is 2.41 bits per heavy atom. The molecule has 0 spiro atoms. The fourth-order valence-corrected chi connectivity index (χ4v) is 2.48. The first-order chi connectivity index (χ1) is 13.1. The number of ether oxygens (including phenoxy) is 2. The van der Waals surface area contributed by atoms with E-state index in [1.165, 1.54) is 13.3 Å². The molecule has 0 saturated heterocycles. The van der Waals surface area contributed by atoms with Crippen LogP contribution >= 0.6 is 0 Å². The molecule has 0 bridgehead atoms. The SMILES string of the molecule is COc1ccc(NC(=O)c2cnc(N(C)c3ccccc3)cn2)c(OC)c1. The summed E-state index contributed by atoms with van der Waals surface area (Å²) in [6.07, 6.45) is 3.01.